The highest BCUT2D eigenvalue weighted by Crippen LogP contribution is 2.26. The normalized spacial score (nSPS) is 15.5. The van der Waals surface area contributed by atoms with Crippen molar-refractivity contribution < 1.29 is 17.9 Å². The first kappa shape index (κ1) is 22.7. The molecule has 0 saturated carbocycles. The molecule has 0 radical (unpaired) electrons. The van der Waals surface area contributed by atoms with Crippen LogP contribution >= 0.6 is 11.6 Å². The van der Waals surface area contributed by atoms with Gasteiger partial charge in [-0.05, 0) is 37.5 Å². The Labute approximate surface area is 182 Å². The lowest BCUT2D eigenvalue weighted by molar-refractivity contribution is 0.0730. The van der Waals surface area contributed by atoms with Crippen LogP contribution in [0, 0.1) is 19.8 Å². The van der Waals surface area contributed by atoms with Gasteiger partial charge in [-0.2, -0.15) is 9.40 Å². The van der Waals surface area contributed by atoms with Gasteiger partial charge in [-0.1, -0.05) is 31.5 Å². The number of carbonyl (C=O) groups is 1. The van der Waals surface area contributed by atoms with Gasteiger partial charge in [-0.15, -0.1) is 0 Å². The van der Waals surface area contributed by atoms with E-state index >= 15 is 0 Å². The summed E-state index contributed by atoms with van der Waals surface area (Å²) in [6.45, 7) is 9.48. The number of anilines is 1. The van der Waals surface area contributed by atoms with Crippen LogP contribution in [0.2, 0.25) is 5.15 Å². The molecule has 0 unspecified atom stereocenters. The van der Waals surface area contributed by atoms with Crippen LogP contribution in [0.15, 0.2) is 23.1 Å². The fourth-order valence-corrected chi connectivity index (χ4v) is 5.34. The SMILES string of the molecule is Cc1ccc(NC(=O)c2c(C)nn(CC(C)C)c2Cl)cc1S(=O)(=O)N1CCOCC1. The molecule has 30 heavy (non-hydrogen) atoms. The maximum absolute atomic E-state index is 13.1. The average molecular weight is 455 g/mol. The largest absolute Gasteiger partial charge is 0.379 e. The van der Waals surface area contributed by atoms with Crippen molar-refractivity contribution in [1.82, 2.24) is 14.1 Å². The van der Waals surface area contributed by atoms with Gasteiger partial charge in [-0.3, -0.25) is 9.48 Å². The Morgan fingerprint density at radius 3 is 2.57 bits per heavy atom. The first-order chi connectivity index (χ1) is 14.1. The summed E-state index contributed by atoms with van der Waals surface area (Å²) in [6, 6.07) is 4.84. The van der Waals surface area contributed by atoms with Gasteiger partial charge >= 0.3 is 0 Å². The molecule has 1 aromatic carbocycles. The number of hydrogen-bond acceptors (Lipinski definition) is 5. The second kappa shape index (κ2) is 9.05. The van der Waals surface area contributed by atoms with E-state index in [9.17, 15) is 13.2 Å². The van der Waals surface area contributed by atoms with Crippen molar-refractivity contribution in [2.45, 2.75) is 39.1 Å². The number of morpholine rings is 1. The van der Waals surface area contributed by atoms with Crippen molar-refractivity contribution in [2.24, 2.45) is 5.92 Å². The van der Waals surface area contributed by atoms with E-state index in [4.69, 9.17) is 16.3 Å². The zero-order chi connectivity index (χ0) is 22.1. The summed E-state index contributed by atoms with van der Waals surface area (Å²) < 4.78 is 34.4. The third-order valence-electron chi connectivity index (χ3n) is 4.86. The number of nitrogens with one attached hydrogen (secondary N) is 1. The highest BCUT2D eigenvalue weighted by molar-refractivity contribution is 7.89. The van der Waals surface area contributed by atoms with Gasteiger partial charge in [0.05, 0.1) is 29.4 Å². The van der Waals surface area contributed by atoms with Crippen molar-refractivity contribution in [3.63, 3.8) is 0 Å². The molecule has 10 heteroatoms. The molecule has 0 atom stereocenters. The zero-order valence-corrected chi connectivity index (χ0v) is 19.2. The third kappa shape index (κ3) is 4.69. The Hall–Kier alpha value is -1.94. The number of aromatic nitrogens is 2. The number of halogens is 1. The van der Waals surface area contributed by atoms with E-state index in [0.717, 1.165) is 0 Å². The number of sulfonamides is 1. The van der Waals surface area contributed by atoms with E-state index in [0.29, 0.717) is 55.7 Å². The van der Waals surface area contributed by atoms with Crippen LogP contribution in [0.4, 0.5) is 5.69 Å². The first-order valence-electron chi connectivity index (χ1n) is 9.84. The molecule has 1 aliphatic rings. The summed E-state index contributed by atoms with van der Waals surface area (Å²) in [5.41, 5.74) is 1.80. The number of carbonyl (C=O) groups excluding carboxylic acids is 1. The van der Waals surface area contributed by atoms with Crippen molar-refractivity contribution in [2.75, 3.05) is 31.6 Å². The maximum atomic E-state index is 13.1. The number of rotatable bonds is 6. The van der Waals surface area contributed by atoms with Crippen LogP contribution in [0.3, 0.4) is 0 Å². The summed E-state index contributed by atoms with van der Waals surface area (Å²) in [7, 11) is -3.68. The summed E-state index contributed by atoms with van der Waals surface area (Å²) in [5.74, 6) is -0.103. The predicted octanol–water partition coefficient (Wildman–Crippen LogP) is 3.08. The van der Waals surface area contributed by atoms with Gasteiger partial charge in [0, 0.05) is 25.3 Å². The molecular formula is C20H27ClN4O4S. The van der Waals surface area contributed by atoms with Gasteiger partial charge < -0.3 is 10.1 Å². The number of amides is 1. The Bertz CT molecular complexity index is 1040. The van der Waals surface area contributed by atoms with Crippen LogP contribution in [-0.2, 0) is 21.3 Å². The van der Waals surface area contributed by atoms with E-state index in [1.807, 2.05) is 13.8 Å². The molecule has 0 bridgehead atoms. The summed E-state index contributed by atoms with van der Waals surface area (Å²) in [4.78, 5) is 13.0. The first-order valence-corrected chi connectivity index (χ1v) is 11.7. The van der Waals surface area contributed by atoms with Crippen molar-refractivity contribution in [3.8, 4) is 0 Å². The Balaban J connectivity index is 1.87. The minimum absolute atomic E-state index is 0.167. The lowest BCUT2D eigenvalue weighted by Gasteiger charge is -2.26. The number of benzene rings is 1. The van der Waals surface area contributed by atoms with Gasteiger partial charge in [0.2, 0.25) is 10.0 Å². The fourth-order valence-electron chi connectivity index (χ4n) is 3.35. The molecule has 1 aliphatic heterocycles. The van der Waals surface area contributed by atoms with Crippen LogP contribution in [0.1, 0.15) is 35.5 Å². The van der Waals surface area contributed by atoms with Crippen molar-refractivity contribution >= 4 is 33.2 Å². The fraction of sp³-hybridized carbons (Fsp3) is 0.500. The lowest BCUT2D eigenvalue weighted by Crippen LogP contribution is -2.40. The van der Waals surface area contributed by atoms with Gasteiger partial charge in [0.1, 0.15) is 5.15 Å². The summed E-state index contributed by atoms with van der Waals surface area (Å²) >= 11 is 6.39. The molecule has 1 N–H and O–H groups in total. The molecule has 1 fully saturated rings. The highest BCUT2D eigenvalue weighted by atomic mass is 35.5. The molecule has 164 valence electrons. The smallest absolute Gasteiger partial charge is 0.260 e. The zero-order valence-electron chi connectivity index (χ0n) is 17.6. The molecule has 1 aromatic heterocycles. The van der Waals surface area contributed by atoms with Crippen molar-refractivity contribution in [3.05, 3.63) is 40.2 Å². The van der Waals surface area contributed by atoms with Gasteiger partial charge in [-0.25, -0.2) is 8.42 Å². The molecule has 2 aromatic rings. The van der Waals surface area contributed by atoms with Gasteiger partial charge in [0.15, 0.2) is 0 Å². The molecule has 1 saturated heterocycles. The molecule has 0 aliphatic carbocycles. The predicted molar refractivity (Wildman–Crippen MR) is 116 cm³/mol. The summed E-state index contributed by atoms with van der Waals surface area (Å²) in [6.07, 6.45) is 0. The van der Waals surface area contributed by atoms with E-state index in [2.05, 4.69) is 10.4 Å². The maximum Gasteiger partial charge on any atom is 0.260 e. The number of hydrogen-bond donors (Lipinski definition) is 1. The van der Waals surface area contributed by atoms with E-state index in [-0.39, 0.29) is 15.6 Å². The second-order valence-corrected chi connectivity index (χ2v) is 10.0. The molecule has 3 rings (SSSR count). The monoisotopic (exact) mass is 454 g/mol. The highest BCUT2D eigenvalue weighted by Gasteiger charge is 2.28. The van der Waals surface area contributed by atoms with E-state index < -0.39 is 15.9 Å². The number of aryl methyl sites for hydroxylation is 2. The number of nitrogens with zero attached hydrogens (tertiary/aromatic N) is 3. The van der Waals surface area contributed by atoms with Crippen LogP contribution in [0.25, 0.3) is 0 Å². The van der Waals surface area contributed by atoms with Crippen molar-refractivity contribution in [1.29, 1.82) is 0 Å². The number of ether oxygens (including phenoxy) is 1. The topological polar surface area (TPSA) is 93.5 Å². The average Bonchev–Trinajstić information content (AvgIpc) is 2.96. The van der Waals surface area contributed by atoms with E-state index in [1.165, 1.54) is 10.4 Å². The minimum Gasteiger partial charge on any atom is -0.379 e. The summed E-state index contributed by atoms with van der Waals surface area (Å²) in [5, 5.41) is 7.39. The van der Waals surface area contributed by atoms with Crippen LogP contribution in [0.5, 0.6) is 0 Å². The van der Waals surface area contributed by atoms with Gasteiger partial charge in [0.25, 0.3) is 5.91 Å². The molecule has 2 heterocycles. The van der Waals surface area contributed by atoms with Crippen LogP contribution < -0.4 is 5.32 Å². The van der Waals surface area contributed by atoms with Crippen LogP contribution in [-0.4, -0.2) is 54.7 Å². The van der Waals surface area contributed by atoms with E-state index in [1.54, 1.807) is 30.7 Å². The standard InChI is InChI=1S/C20H27ClN4O4S/c1-13(2)12-25-19(21)18(15(4)23-25)20(26)22-16-6-5-14(3)17(11-16)30(27,28)24-7-9-29-10-8-24/h5-6,11,13H,7-10,12H2,1-4H3,(H,22,26). The molecule has 1 amide bonds. The quantitative estimate of drug-likeness (QED) is 0.723. The molecule has 8 nitrogen and oxygen atoms in total. The Kier molecular flexibility index (Phi) is 6.86. The lowest BCUT2D eigenvalue weighted by atomic mass is 10.2. The Morgan fingerprint density at radius 2 is 1.93 bits per heavy atom. The molecular weight excluding hydrogens is 428 g/mol. The molecule has 0 spiro atoms. The second-order valence-electron chi connectivity index (χ2n) is 7.78. The Morgan fingerprint density at radius 1 is 1.27 bits per heavy atom. The third-order valence-corrected chi connectivity index (χ3v) is 7.29. The minimum atomic E-state index is -3.68.